The minimum atomic E-state index is -0.531. The number of rotatable bonds is 6. The number of amides is 1. The number of likely N-dealkylation sites (tertiary alicyclic amines) is 1. The van der Waals surface area contributed by atoms with Crippen LogP contribution in [0.1, 0.15) is 42.1 Å². The second-order valence-electron chi connectivity index (χ2n) is 7.97. The third-order valence-corrected chi connectivity index (χ3v) is 6.17. The summed E-state index contributed by atoms with van der Waals surface area (Å²) in [5, 5.41) is 2.95. The average molecular weight is 408 g/mol. The first-order chi connectivity index (χ1) is 14.6. The van der Waals surface area contributed by atoms with Crippen molar-refractivity contribution < 1.29 is 14.3 Å². The van der Waals surface area contributed by atoms with Gasteiger partial charge in [-0.2, -0.15) is 0 Å². The number of hydrogen-bond donors (Lipinski definition) is 1. The van der Waals surface area contributed by atoms with Crippen LogP contribution in [0.25, 0.3) is 0 Å². The van der Waals surface area contributed by atoms with Crippen molar-refractivity contribution in [3.63, 3.8) is 0 Å². The van der Waals surface area contributed by atoms with Gasteiger partial charge in [-0.3, -0.25) is 9.59 Å². The number of esters is 1. The van der Waals surface area contributed by atoms with Crippen LogP contribution >= 0.6 is 0 Å². The molecule has 30 heavy (non-hydrogen) atoms. The summed E-state index contributed by atoms with van der Waals surface area (Å²) in [4.78, 5) is 28.8. The van der Waals surface area contributed by atoms with Gasteiger partial charge < -0.3 is 19.9 Å². The third kappa shape index (κ3) is 4.19. The highest BCUT2D eigenvalue weighted by Crippen LogP contribution is 2.37. The van der Waals surface area contributed by atoms with Gasteiger partial charge in [0.1, 0.15) is 5.60 Å². The van der Waals surface area contributed by atoms with Gasteiger partial charge in [0.15, 0.2) is 0 Å². The molecule has 2 aliphatic heterocycles. The highest BCUT2D eigenvalue weighted by Gasteiger charge is 2.39. The first-order valence-electron chi connectivity index (χ1n) is 10.7. The summed E-state index contributed by atoms with van der Waals surface area (Å²) in [7, 11) is 0. The topological polar surface area (TPSA) is 61.9 Å². The number of carbonyl (C=O) groups is 2. The molecule has 2 heterocycles. The Morgan fingerprint density at radius 2 is 1.73 bits per heavy atom. The standard InChI is InChI=1S/C24H29N3O3/c1-2-22(28)30-24(19-8-4-3-5-9-19)12-14-26(15-13-24)16-17-27-18-25-23(29)20-10-6-7-11-21(20)27/h3-11H,2,12-18H2,1H3,(H,25,29). The van der Waals surface area contributed by atoms with Gasteiger partial charge in [-0.1, -0.05) is 49.4 Å². The lowest BCUT2D eigenvalue weighted by atomic mass is 9.84. The van der Waals surface area contributed by atoms with Gasteiger partial charge in [0.05, 0.1) is 17.9 Å². The van der Waals surface area contributed by atoms with Crippen LogP contribution in [0.5, 0.6) is 0 Å². The van der Waals surface area contributed by atoms with Gasteiger partial charge in [0.2, 0.25) is 0 Å². The molecule has 2 aromatic carbocycles. The summed E-state index contributed by atoms with van der Waals surface area (Å²) in [6.45, 7) is 5.85. The minimum absolute atomic E-state index is 0.00907. The monoisotopic (exact) mass is 407 g/mol. The molecule has 2 aromatic rings. The molecule has 0 aliphatic carbocycles. The summed E-state index contributed by atoms with van der Waals surface area (Å²) < 4.78 is 5.99. The molecule has 0 unspecified atom stereocenters. The third-order valence-electron chi connectivity index (χ3n) is 6.17. The quantitative estimate of drug-likeness (QED) is 0.746. The van der Waals surface area contributed by atoms with E-state index in [4.69, 9.17) is 4.74 Å². The number of ether oxygens (including phenoxy) is 1. The zero-order valence-corrected chi connectivity index (χ0v) is 17.5. The van der Waals surface area contributed by atoms with Gasteiger partial charge in [0.25, 0.3) is 5.91 Å². The predicted molar refractivity (Wildman–Crippen MR) is 116 cm³/mol. The van der Waals surface area contributed by atoms with Crippen molar-refractivity contribution in [1.29, 1.82) is 0 Å². The van der Waals surface area contributed by atoms with Crippen LogP contribution in [-0.2, 0) is 15.1 Å². The molecule has 6 nitrogen and oxygen atoms in total. The van der Waals surface area contributed by atoms with Crippen LogP contribution in [0.2, 0.25) is 0 Å². The molecule has 1 saturated heterocycles. The van der Waals surface area contributed by atoms with E-state index in [9.17, 15) is 9.59 Å². The molecule has 2 aliphatic rings. The van der Waals surface area contributed by atoms with Gasteiger partial charge in [-0.05, 0) is 17.7 Å². The van der Waals surface area contributed by atoms with Crippen molar-refractivity contribution in [3.05, 3.63) is 65.7 Å². The van der Waals surface area contributed by atoms with E-state index in [0.29, 0.717) is 13.1 Å². The molecule has 0 atom stereocenters. The Bertz CT molecular complexity index is 892. The summed E-state index contributed by atoms with van der Waals surface area (Å²) in [5.41, 5.74) is 2.28. The van der Waals surface area contributed by atoms with Crippen LogP contribution in [0.15, 0.2) is 54.6 Å². The van der Waals surface area contributed by atoms with E-state index in [2.05, 4.69) is 27.2 Å². The summed E-state index contributed by atoms with van der Waals surface area (Å²) in [6.07, 6.45) is 1.96. The molecule has 1 fully saturated rings. The molecule has 0 spiro atoms. The maximum atomic E-state index is 12.1. The molecule has 1 N–H and O–H groups in total. The lowest BCUT2D eigenvalue weighted by molar-refractivity contribution is -0.166. The van der Waals surface area contributed by atoms with Gasteiger partial charge in [0, 0.05) is 45.4 Å². The van der Waals surface area contributed by atoms with E-state index >= 15 is 0 Å². The fraction of sp³-hybridized carbons (Fsp3) is 0.417. The molecule has 0 bridgehead atoms. The number of nitrogens with one attached hydrogen (secondary N) is 1. The number of hydrogen-bond acceptors (Lipinski definition) is 5. The zero-order chi connectivity index (χ0) is 21.0. The second kappa shape index (κ2) is 8.88. The Balaban J connectivity index is 1.40. The van der Waals surface area contributed by atoms with Gasteiger partial charge in [-0.15, -0.1) is 0 Å². The number of para-hydroxylation sites is 1. The normalized spacial score (nSPS) is 18.4. The number of fused-ring (bicyclic) bond motifs is 1. The largest absolute Gasteiger partial charge is 0.454 e. The first kappa shape index (κ1) is 20.4. The molecule has 0 saturated carbocycles. The Morgan fingerprint density at radius 3 is 2.47 bits per heavy atom. The smallest absolute Gasteiger partial charge is 0.306 e. The molecule has 158 valence electrons. The Kier molecular flexibility index (Phi) is 6.04. The van der Waals surface area contributed by atoms with E-state index in [1.165, 1.54) is 0 Å². The second-order valence-corrected chi connectivity index (χ2v) is 7.97. The molecule has 0 aromatic heterocycles. The first-order valence-corrected chi connectivity index (χ1v) is 10.7. The Labute approximate surface area is 177 Å². The van der Waals surface area contributed by atoms with Crippen LogP contribution in [0.3, 0.4) is 0 Å². The summed E-state index contributed by atoms with van der Waals surface area (Å²) in [5.74, 6) is -0.154. The minimum Gasteiger partial charge on any atom is -0.454 e. The van der Waals surface area contributed by atoms with Gasteiger partial charge >= 0.3 is 5.97 Å². The fourth-order valence-electron chi connectivity index (χ4n) is 4.37. The van der Waals surface area contributed by atoms with Crippen molar-refractivity contribution in [2.24, 2.45) is 0 Å². The summed E-state index contributed by atoms with van der Waals surface area (Å²) >= 11 is 0. The van der Waals surface area contributed by atoms with E-state index in [1.54, 1.807) is 0 Å². The molecular weight excluding hydrogens is 378 g/mol. The maximum absolute atomic E-state index is 12.1. The SMILES string of the molecule is CCC(=O)OC1(c2ccccc2)CCN(CCN2CNC(=O)c3ccccc32)CC1. The van der Waals surface area contributed by atoms with Gasteiger partial charge in [-0.25, -0.2) is 0 Å². The van der Waals surface area contributed by atoms with Crippen molar-refractivity contribution in [3.8, 4) is 0 Å². The van der Waals surface area contributed by atoms with E-state index in [-0.39, 0.29) is 11.9 Å². The number of nitrogens with zero attached hydrogens (tertiary/aromatic N) is 2. The Morgan fingerprint density at radius 1 is 1.03 bits per heavy atom. The molecule has 0 radical (unpaired) electrons. The molecular formula is C24H29N3O3. The highest BCUT2D eigenvalue weighted by atomic mass is 16.6. The van der Waals surface area contributed by atoms with E-state index in [1.807, 2.05) is 49.4 Å². The van der Waals surface area contributed by atoms with Crippen LogP contribution < -0.4 is 10.2 Å². The number of benzene rings is 2. The van der Waals surface area contributed by atoms with Crippen LogP contribution in [-0.4, -0.2) is 49.6 Å². The molecule has 4 rings (SSSR count). The van der Waals surface area contributed by atoms with Crippen molar-refractivity contribution in [1.82, 2.24) is 10.2 Å². The van der Waals surface area contributed by atoms with E-state index in [0.717, 1.165) is 55.8 Å². The van der Waals surface area contributed by atoms with Crippen LogP contribution in [0.4, 0.5) is 5.69 Å². The van der Waals surface area contributed by atoms with Crippen molar-refractivity contribution in [2.45, 2.75) is 31.8 Å². The molecule has 1 amide bonds. The molecule has 6 heteroatoms. The maximum Gasteiger partial charge on any atom is 0.306 e. The fourth-order valence-corrected chi connectivity index (χ4v) is 4.37. The van der Waals surface area contributed by atoms with Crippen molar-refractivity contribution in [2.75, 3.05) is 37.7 Å². The summed E-state index contributed by atoms with van der Waals surface area (Å²) in [6, 6.07) is 17.9. The zero-order valence-electron chi connectivity index (χ0n) is 17.5. The lowest BCUT2D eigenvalue weighted by Gasteiger charge is -2.42. The average Bonchev–Trinajstić information content (AvgIpc) is 2.80. The van der Waals surface area contributed by atoms with E-state index < -0.39 is 5.60 Å². The number of carbonyl (C=O) groups excluding carboxylic acids is 2. The number of piperidine rings is 1. The van der Waals surface area contributed by atoms with Crippen molar-refractivity contribution >= 4 is 17.6 Å². The highest BCUT2D eigenvalue weighted by molar-refractivity contribution is 6.01. The predicted octanol–water partition coefficient (Wildman–Crippen LogP) is 3.14. The van der Waals surface area contributed by atoms with Crippen LogP contribution in [0, 0.1) is 0 Å². The lowest BCUT2D eigenvalue weighted by Crippen LogP contribution is -2.49. The Hall–Kier alpha value is -2.86. The number of anilines is 1.